The number of carboxylic acid groups (broad SMARTS) is 1. The van der Waals surface area contributed by atoms with Crippen molar-refractivity contribution in [3.05, 3.63) is 28.0 Å². The second-order valence-corrected chi connectivity index (χ2v) is 4.34. The number of H-pyrrole nitrogens is 1. The molecule has 1 amide bonds. The molecule has 0 bridgehead atoms. The molecular formula is C12H13N3O6. The van der Waals surface area contributed by atoms with E-state index in [4.69, 9.17) is 14.6 Å². The number of fused-ring (bicyclic) bond motifs is 1. The van der Waals surface area contributed by atoms with E-state index in [0.717, 1.165) is 0 Å². The lowest BCUT2D eigenvalue weighted by molar-refractivity contribution is -0.146. The molecule has 0 saturated carbocycles. The lowest BCUT2D eigenvalue weighted by Gasteiger charge is -2.06. The smallest absolute Gasteiger partial charge is 0.332 e. The maximum Gasteiger partial charge on any atom is 0.332 e. The van der Waals surface area contributed by atoms with E-state index >= 15 is 0 Å². The molecule has 9 nitrogen and oxygen atoms in total. The first-order valence-electron chi connectivity index (χ1n) is 6.07. The van der Waals surface area contributed by atoms with Crippen LogP contribution < -0.4 is 10.9 Å². The zero-order chi connectivity index (χ0) is 15.6. The normalized spacial score (nSPS) is 12.3. The van der Waals surface area contributed by atoms with E-state index in [1.807, 2.05) is 0 Å². The van der Waals surface area contributed by atoms with Gasteiger partial charge >= 0.3 is 5.97 Å². The van der Waals surface area contributed by atoms with Crippen LogP contribution in [0.25, 0.3) is 11.1 Å². The van der Waals surface area contributed by atoms with Crippen LogP contribution >= 0.6 is 0 Å². The van der Waals surface area contributed by atoms with Crippen LogP contribution in [0.5, 0.6) is 0 Å². The van der Waals surface area contributed by atoms with E-state index in [1.165, 1.54) is 13.3 Å². The van der Waals surface area contributed by atoms with E-state index in [2.05, 4.69) is 15.3 Å². The van der Waals surface area contributed by atoms with Gasteiger partial charge in [-0.2, -0.15) is 0 Å². The van der Waals surface area contributed by atoms with Gasteiger partial charge in [0.25, 0.3) is 11.5 Å². The summed E-state index contributed by atoms with van der Waals surface area (Å²) in [5, 5.41) is 20.1. The van der Waals surface area contributed by atoms with Gasteiger partial charge in [0.15, 0.2) is 6.10 Å². The Labute approximate surface area is 117 Å². The van der Waals surface area contributed by atoms with E-state index in [0.29, 0.717) is 0 Å². The second kappa shape index (κ2) is 5.75. The third-order valence-corrected chi connectivity index (χ3v) is 2.89. The molecule has 0 aliphatic carbocycles. The van der Waals surface area contributed by atoms with E-state index in [9.17, 15) is 14.4 Å². The first-order chi connectivity index (χ1) is 9.91. The summed E-state index contributed by atoms with van der Waals surface area (Å²) in [5.74, 6) is -1.73. The molecule has 2 aromatic heterocycles. The minimum Gasteiger partial charge on any atom is -0.479 e. The number of amides is 1. The van der Waals surface area contributed by atoms with Crippen LogP contribution in [0.2, 0.25) is 0 Å². The number of aromatic amines is 1. The van der Waals surface area contributed by atoms with Crippen molar-refractivity contribution >= 4 is 23.0 Å². The summed E-state index contributed by atoms with van der Waals surface area (Å²) >= 11 is 0. The molecule has 0 aliphatic heterocycles. The Morgan fingerprint density at radius 2 is 2.24 bits per heavy atom. The lowest BCUT2D eigenvalue weighted by Crippen LogP contribution is -2.30. The number of aryl methyl sites for hydroxylation is 1. The van der Waals surface area contributed by atoms with Crippen LogP contribution in [0.1, 0.15) is 22.5 Å². The summed E-state index contributed by atoms with van der Waals surface area (Å²) in [7, 11) is 0. The molecule has 9 heteroatoms. The van der Waals surface area contributed by atoms with Gasteiger partial charge in [-0.1, -0.05) is 0 Å². The van der Waals surface area contributed by atoms with Gasteiger partial charge in [0, 0.05) is 13.0 Å². The average Bonchev–Trinajstić information content (AvgIpc) is 2.75. The SMILES string of the molecule is Cc1oc2nc[nH]c(=O)c2c1C(=O)NCCC(O)C(=O)O. The minimum absolute atomic E-state index is 0.0336. The standard InChI is InChI=1S/C12H13N3O6/c1-5-7(8-10(18)14-4-15-11(8)21-5)9(17)13-3-2-6(16)12(19)20/h4,6,16H,2-3H2,1H3,(H,13,17)(H,19,20)(H,14,15,18). The van der Waals surface area contributed by atoms with Gasteiger partial charge in [-0.25, -0.2) is 9.78 Å². The van der Waals surface area contributed by atoms with E-state index in [1.54, 1.807) is 0 Å². The largest absolute Gasteiger partial charge is 0.479 e. The molecule has 0 spiro atoms. The Bertz CT molecular complexity index is 747. The quantitative estimate of drug-likeness (QED) is 0.575. The van der Waals surface area contributed by atoms with Crippen LogP contribution in [0.4, 0.5) is 0 Å². The Morgan fingerprint density at radius 3 is 2.90 bits per heavy atom. The average molecular weight is 295 g/mol. The highest BCUT2D eigenvalue weighted by Gasteiger charge is 2.22. The molecule has 0 saturated heterocycles. The number of nitrogens with one attached hydrogen (secondary N) is 2. The molecule has 0 radical (unpaired) electrons. The lowest BCUT2D eigenvalue weighted by atomic mass is 10.1. The third-order valence-electron chi connectivity index (χ3n) is 2.89. The zero-order valence-corrected chi connectivity index (χ0v) is 11.0. The highest BCUT2D eigenvalue weighted by atomic mass is 16.4. The monoisotopic (exact) mass is 295 g/mol. The molecule has 0 aromatic carbocycles. The first kappa shape index (κ1) is 14.7. The van der Waals surface area contributed by atoms with Crippen LogP contribution in [0.15, 0.2) is 15.5 Å². The minimum atomic E-state index is -1.56. The molecule has 2 aromatic rings. The van der Waals surface area contributed by atoms with Crippen LogP contribution in [0, 0.1) is 6.92 Å². The predicted molar refractivity (Wildman–Crippen MR) is 70.0 cm³/mol. The van der Waals surface area contributed by atoms with Gasteiger partial charge in [-0.15, -0.1) is 0 Å². The number of furan rings is 1. The van der Waals surface area contributed by atoms with Crippen molar-refractivity contribution in [1.29, 1.82) is 0 Å². The van der Waals surface area contributed by atoms with Crippen molar-refractivity contribution in [1.82, 2.24) is 15.3 Å². The topological polar surface area (TPSA) is 146 Å². The summed E-state index contributed by atoms with van der Waals surface area (Å²) in [6.07, 6.45) is -0.541. The number of aromatic nitrogens is 2. The summed E-state index contributed by atoms with van der Waals surface area (Å²) in [6, 6.07) is 0. The van der Waals surface area contributed by atoms with Gasteiger partial charge in [0.2, 0.25) is 5.71 Å². The van der Waals surface area contributed by atoms with Gasteiger partial charge in [-0.3, -0.25) is 9.59 Å². The molecule has 0 aliphatic rings. The Kier molecular flexibility index (Phi) is 4.03. The molecule has 1 unspecified atom stereocenters. The zero-order valence-electron chi connectivity index (χ0n) is 11.0. The highest BCUT2D eigenvalue weighted by molar-refractivity contribution is 6.06. The maximum absolute atomic E-state index is 12.1. The van der Waals surface area contributed by atoms with E-state index < -0.39 is 23.5 Å². The molecule has 2 rings (SSSR count). The number of hydrogen-bond acceptors (Lipinski definition) is 6. The van der Waals surface area contributed by atoms with Crippen molar-refractivity contribution in [2.45, 2.75) is 19.4 Å². The fourth-order valence-electron chi connectivity index (χ4n) is 1.86. The van der Waals surface area contributed by atoms with Crippen molar-refractivity contribution in [2.75, 3.05) is 6.54 Å². The van der Waals surface area contributed by atoms with Crippen molar-refractivity contribution < 1.29 is 24.2 Å². The van der Waals surface area contributed by atoms with Crippen LogP contribution in [-0.4, -0.2) is 44.7 Å². The summed E-state index contributed by atoms with van der Waals surface area (Å²) < 4.78 is 5.23. The second-order valence-electron chi connectivity index (χ2n) is 4.34. The summed E-state index contributed by atoms with van der Waals surface area (Å²) in [5.41, 5.74) is -0.413. The molecule has 2 heterocycles. The van der Waals surface area contributed by atoms with Crippen molar-refractivity contribution in [3.8, 4) is 0 Å². The molecule has 112 valence electrons. The maximum atomic E-state index is 12.1. The molecule has 0 fully saturated rings. The Balaban J connectivity index is 2.19. The fraction of sp³-hybridized carbons (Fsp3) is 0.333. The predicted octanol–water partition coefficient (Wildman–Crippen LogP) is -0.610. The van der Waals surface area contributed by atoms with Crippen LogP contribution in [-0.2, 0) is 4.79 Å². The Hall–Kier alpha value is -2.68. The number of aliphatic hydroxyl groups excluding tert-OH is 1. The number of carbonyl (C=O) groups is 2. The third kappa shape index (κ3) is 2.92. The van der Waals surface area contributed by atoms with Gasteiger partial charge in [-0.05, 0) is 6.92 Å². The number of rotatable bonds is 5. The molecule has 21 heavy (non-hydrogen) atoms. The number of aliphatic carboxylic acids is 1. The fourth-order valence-corrected chi connectivity index (χ4v) is 1.86. The highest BCUT2D eigenvalue weighted by Crippen LogP contribution is 2.20. The van der Waals surface area contributed by atoms with Crippen LogP contribution in [0.3, 0.4) is 0 Å². The van der Waals surface area contributed by atoms with Gasteiger partial charge in [0.05, 0.1) is 11.9 Å². The summed E-state index contributed by atoms with van der Waals surface area (Å²) in [6.45, 7) is 1.46. The molecular weight excluding hydrogens is 282 g/mol. The Morgan fingerprint density at radius 1 is 1.52 bits per heavy atom. The molecule has 1 atom stereocenters. The summed E-state index contributed by atoms with van der Waals surface area (Å²) in [4.78, 5) is 40.4. The number of hydrogen-bond donors (Lipinski definition) is 4. The van der Waals surface area contributed by atoms with Crippen molar-refractivity contribution in [2.24, 2.45) is 0 Å². The number of aliphatic hydroxyl groups is 1. The van der Waals surface area contributed by atoms with Gasteiger partial charge < -0.3 is 24.9 Å². The first-order valence-corrected chi connectivity index (χ1v) is 6.07. The van der Waals surface area contributed by atoms with E-state index in [-0.39, 0.29) is 35.4 Å². The van der Waals surface area contributed by atoms with Crippen molar-refractivity contribution in [3.63, 3.8) is 0 Å². The number of carboxylic acids is 1. The molecule has 4 N–H and O–H groups in total. The van der Waals surface area contributed by atoms with Gasteiger partial charge in [0.1, 0.15) is 11.1 Å². The number of nitrogens with zero attached hydrogens (tertiary/aromatic N) is 1. The number of carbonyl (C=O) groups excluding carboxylic acids is 1.